The molecule has 0 unspecified atom stereocenters. The Morgan fingerprint density at radius 2 is 1.81 bits per heavy atom. The van der Waals surface area contributed by atoms with E-state index < -0.39 is 0 Å². The second-order valence-electron chi connectivity index (χ2n) is 3.99. The van der Waals surface area contributed by atoms with Gasteiger partial charge in [0, 0.05) is 16.2 Å². The predicted octanol–water partition coefficient (Wildman–Crippen LogP) is 4.03. The molecule has 0 saturated heterocycles. The predicted molar refractivity (Wildman–Crippen MR) is 69.3 cm³/mol. The second kappa shape index (κ2) is 4.74. The molecule has 0 amide bonds. The Morgan fingerprint density at radius 1 is 1.12 bits per heavy atom. The summed E-state index contributed by atoms with van der Waals surface area (Å²) in [5, 5.41) is 0. The summed E-state index contributed by atoms with van der Waals surface area (Å²) >= 11 is 3.43. The second-order valence-corrected chi connectivity index (χ2v) is 4.90. The summed E-state index contributed by atoms with van der Waals surface area (Å²) < 4.78 is 1.08. The van der Waals surface area contributed by atoms with Crippen LogP contribution in [0.5, 0.6) is 0 Å². The molecule has 0 N–H and O–H groups in total. The molecule has 0 aliphatic heterocycles. The highest BCUT2D eigenvalue weighted by Gasteiger charge is 2.09. The zero-order chi connectivity index (χ0) is 11.5. The summed E-state index contributed by atoms with van der Waals surface area (Å²) in [6.07, 6.45) is 3.50. The van der Waals surface area contributed by atoms with E-state index in [0.717, 1.165) is 15.7 Å². The van der Waals surface area contributed by atoms with Crippen molar-refractivity contribution in [2.45, 2.75) is 19.8 Å². The Morgan fingerprint density at radius 3 is 2.44 bits per heavy atom. The standard InChI is InChI=1S/C13H13BrN2/c1-9(2)12-7-15-8-16-13(12)10-3-5-11(14)6-4-10/h3-9H,1-2H3. The Balaban J connectivity index is 2.51. The van der Waals surface area contributed by atoms with Crippen LogP contribution < -0.4 is 0 Å². The number of hydrogen-bond donors (Lipinski definition) is 0. The third-order valence-corrected chi connectivity index (χ3v) is 3.01. The van der Waals surface area contributed by atoms with Crippen molar-refractivity contribution in [3.05, 3.63) is 46.8 Å². The van der Waals surface area contributed by atoms with Crippen LogP contribution in [0, 0.1) is 0 Å². The minimum atomic E-state index is 0.430. The molecule has 0 aliphatic rings. The van der Waals surface area contributed by atoms with E-state index in [1.54, 1.807) is 6.33 Å². The van der Waals surface area contributed by atoms with Gasteiger partial charge in [-0.1, -0.05) is 41.9 Å². The van der Waals surface area contributed by atoms with Gasteiger partial charge in [-0.05, 0) is 23.6 Å². The van der Waals surface area contributed by atoms with Crippen LogP contribution in [0.25, 0.3) is 11.3 Å². The summed E-state index contributed by atoms with van der Waals surface area (Å²) in [5.74, 6) is 0.430. The summed E-state index contributed by atoms with van der Waals surface area (Å²) in [7, 11) is 0. The Bertz CT molecular complexity index is 478. The molecule has 0 saturated carbocycles. The lowest BCUT2D eigenvalue weighted by Gasteiger charge is -2.10. The van der Waals surface area contributed by atoms with Gasteiger partial charge in [0.25, 0.3) is 0 Å². The van der Waals surface area contributed by atoms with Crippen LogP contribution >= 0.6 is 15.9 Å². The molecule has 1 aromatic heterocycles. The number of rotatable bonds is 2. The van der Waals surface area contributed by atoms with Crippen LogP contribution in [0.15, 0.2) is 41.3 Å². The zero-order valence-electron chi connectivity index (χ0n) is 9.31. The van der Waals surface area contributed by atoms with Crippen molar-refractivity contribution in [1.29, 1.82) is 0 Å². The molecule has 1 heterocycles. The van der Waals surface area contributed by atoms with Crippen molar-refractivity contribution >= 4 is 15.9 Å². The molecule has 2 nitrogen and oxygen atoms in total. The molecule has 2 rings (SSSR count). The van der Waals surface area contributed by atoms with Gasteiger partial charge in [0.2, 0.25) is 0 Å². The average Bonchev–Trinajstić information content (AvgIpc) is 2.30. The van der Waals surface area contributed by atoms with E-state index in [1.807, 2.05) is 18.3 Å². The highest BCUT2D eigenvalue weighted by atomic mass is 79.9. The van der Waals surface area contributed by atoms with Gasteiger partial charge in [-0.15, -0.1) is 0 Å². The van der Waals surface area contributed by atoms with E-state index in [1.165, 1.54) is 5.56 Å². The van der Waals surface area contributed by atoms with Gasteiger partial charge in [0.15, 0.2) is 0 Å². The van der Waals surface area contributed by atoms with Crippen molar-refractivity contribution in [2.24, 2.45) is 0 Å². The largest absolute Gasteiger partial charge is 0.244 e. The lowest BCUT2D eigenvalue weighted by Crippen LogP contribution is -1.96. The molecule has 0 bridgehead atoms. The fraction of sp³-hybridized carbons (Fsp3) is 0.231. The average molecular weight is 277 g/mol. The fourth-order valence-corrected chi connectivity index (χ4v) is 1.88. The Kier molecular flexibility index (Phi) is 3.34. The molecule has 82 valence electrons. The molecular weight excluding hydrogens is 264 g/mol. The summed E-state index contributed by atoms with van der Waals surface area (Å²) in [4.78, 5) is 8.46. The van der Waals surface area contributed by atoms with Crippen LogP contribution in [-0.2, 0) is 0 Å². The third kappa shape index (κ3) is 2.30. The highest BCUT2D eigenvalue weighted by molar-refractivity contribution is 9.10. The number of aromatic nitrogens is 2. The maximum absolute atomic E-state index is 4.37. The summed E-state index contributed by atoms with van der Waals surface area (Å²) in [5.41, 5.74) is 3.34. The SMILES string of the molecule is CC(C)c1cncnc1-c1ccc(Br)cc1. The number of benzene rings is 1. The maximum atomic E-state index is 4.37. The zero-order valence-corrected chi connectivity index (χ0v) is 10.9. The Hall–Kier alpha value is -1.22. The number of nitrogens with zero attached hydrogens (tertiary/aromatic N) is 2. The van der Waals surface area contributed by atoms with Crippen LogP contribution in [-0.4, -0.2) is 9.97 Å². The molecule has 0 atom stereocenters. The van der Waals surface area contributed by atoms with E-state index in [-0.39, 0.29) is 0 Å². The number of hydrogen-bond acceptors (Lipinski definition) is 2. The van der Waals surface area contributed by atoms with Crippen molar-refractivity contribution in [3.63, 3.8) is 0 Å². The van der Waals surface area contributed by atoms with Crippen molar-refractivity contribution < 1.29 is 0 Å². The van der Waals surface area contributed by atoms with Gasteiger partial charge in [-0.25, -0.2) is 9.97 Å². The lowest BCUT2D eigenvalue weighted by molar-refractivity contribution is 0.849. The van der Waals surface area contributed by atoms with E-state index in [4.69, 9.17) is 0 Å². The normalized spacial score (nSPS) is 10.8. The van der Waals surface area contributed by atoms with E-state index in [2.05, 4.69) is 51.9 Å². The Labute approximate surface area is 104 Å². The molecule has 0 spiro atoms. The van der Waals surface area contributed by atoms with Gasteiger partial charge in [-0.2, -0.15) is 0 Å². The van der Waals surface area contributed by atoms with Gasteiger partial charge in [0.1, 0.15) is 6.33 Å². The molecule has 0 fully saturated rings. The van der Waals surface area contributed by atoms with Crippen molar-refractivity contribution in [2.75, 3.05) is 0 Å². The van der Waals surface area contributed by atoms with Gasteiger partial charge >= 0.3 is 0 Å². The van der Waals surface area contributed by atoms with Gasteiger partial charge < -0.3 is 0 Å². The lowest BCUT2D eigenvalue weighted by atomic mass is 9.99. The van der Waals surface area contributed by atoms with Crippen molar-refractivity contribution in [3.8, 4) is 11.3 Å². The molecule has 0 radical (unpaired) electrons. The van der Waals surface area contributed by atoms with E-state index in [0.29, 0.717) is 5.92 Å². The molecular formula is C13H13BrN2. The molecule has 16 heavy (non-hydrogen) atoms. The van der Waals surface area contributed by atoms with Crippen LogP contribution in [0.4, 0.5) is 0 Å². The van der Waals surface area contributed by atoms with Gasteiger partial charge in [0.05, 0.1) is 5.69 Å². The maximum Gasteiger partial charge on any atom is 0.116 e. The van der Waals surface area contributed by atoms with E-state index in [9.17, 15) is 0 Å². The van der Waals surface area contributed by atoms with Crippen molar-refractivity contribution in [1.82, 2.24) is 9.97 Å². The molecule has 2 aromatic rings. The first-order valence-electron chi connectivity index (χ1n) is 5.24. The first kappa shape index (κ1) is 11.3. The van der Waals surface area contributed by atoms with Gasteiger partial charge in [-0.3, -0.25) is 0 Å². The minimum Gasteiger partial charge on any atom is -0.244 e. The molecule has 1 aromatic carbocycles. The van der Waals surface area contributed by atoms with Crippen LogP contribution in [0.3, 0.4) is 0 Å². The number of halogens is 1. The smallest absolute Gasteiger partial charge is 0.116 e. The summed E-state index contributed by atoms with van der Waals surface area (Å²) in [6, 6.07) is 8.19. The quantitative estimate of drug-likeness (QED) is 0.828. The van der Waals surface area contributed by atoms with E-state index >= 15 is 0 Å². The minimum absolute atomic E-state index is 0.430. The molecule has 0 aliphatic carbocycles. The highest BCUT2D eigenvalue weighted by Crippen LogP contribution is 2.27. The monoisotopic (exact) mass is 276 g/mol. The topological polar surface area (TPSA) is 25.8 Å². The van der Waals surface area contributed by atoms with Crippen LogP contribution in [0.2, 0.25) is 0 Å². The molecule has 3 heteroatoms. The fourth-order valence-electron chi connectivity index (χ4n) is 1.61. The first-order valence-corrected chi connectivity index (χ1v) is 6.03. The third-order valence-electron chi connectivity index (χ3n) is 2.48. The summed E-state index contributed by atoms with van der Waals surface area (Å²) in [6.45, 7) is 4.31. The van der Waals surface area contributed by atoms with Crippen LogP contribution in [0.1, 0.15) is 25.3 Å². The first-order chi connectivity index (χ1) is 7.68.